The first-order valence-corrected chi connectivity index (χ1v) is 11.9. The normalized spacial score (nSPS) is 25.1. The zero-order valence-electron chi connectivity index (χ0n) is 14.3. The smallest absolute Gasteiger partial charge is 0.407 e. The summed E-state index contributed by atoms with van der Waals surface area (Å²) >= 11 is 3.26. The van der Waals surface area contributed by atoms with Gasteiger partial charge in [-0.3, -0.25) is 0 Å². The largest absolute Gasteiger partial charge is 0.465 e. The fourth-order valence-corrected chi connectivity index (χ4v) is 4.22. The summed E-state index contributed by atoms with van der Waals surface area (Å²) in [7, 11) is -1.97. The van der Waals surface area contributed by atoms with E-state index in [9.17, 15) is 15.0 Å². The summed E-state index contributed by atoms with van der Waals surface area (Å²) in [5.74, 6) is 0. The van der Waals surface area contributed by atoms with E-state index in [4.69, 9.17) is 4.43 Å². The van der Waals surface area contributed by atoms with Gasteiger partial charge in [0.05, 0.1) is 18.2 Å². The number of carboxylic acid groups (broad SMARTS) is 1. The number of nitrogens with zero attached hydrogens (tertiary/aromatic N) is 1. The Bertz CT molecular complexity index is 386. The lowest BCUT2D eigenvalue weighted by atomic mass is 9.95. The number of carbonyl (C=O) groups is 1. The van der Waals surface area contributed by atoms with Gasteiger partial charge in [-0.15, -0.1) is 0 Å². The second-order valence-electron chi connectivity index (χ2n) is 7.65. The number of amides is 1. The van der Waals surface area contributed by atoms with Crippen LogP contribution in [0.25, 0.3) is 0 Å². The van der Waals surface area contributed by atoms with Crippen molar-refractivity contribution in [1.82, 2.24) is 4.90 Å². The van der Waals surface area contributed by atoms with Crippen LogP contribution in [0.3, 0.4) is 0 Å². The molecule has 1 saturated heterocycles. The van der Waals surface area contributed by atoms with Gasteiger partial charge < -0.3 is 19.5 Å². The molecule has 1 rings (SSSR count). The summed E-state index contributed by atoms with van der Waals surface area (Å²) in [6, 6.07) is -0.270. The molecule has 0 radical (unpaired) electrons. The number of piperidine rings is 1. The van der Waals surface area contributed by atoms with E-state index >= 15 is 0 Å². The number of hydrogen-bond acceptors (Lipinski definition) is 3. The summed E-state index contributed by atoms with van der Waals surface area (Å²) in [4.78, 5) is 13.0. The van der Waals surface area contributed by atoms with Gasteiger partial charge in [-0.2, -0.15) is 0 Å². The van der Waals surface area contributed by atoms with Gasteiger partial charge in [0.1, 0.15) is 0 Å². The molecule has 1 aliphatic rings. The van der Waals surface area contributed by atoms with Crippen molar-refractivity contribution >= 4 is 30.3 Å². The van der Waals surface area contributed by atoms with Crippen LogP contribution in [-0.4, -0.2) is 59.6 Å². The van der Waals surface area contributed by atoms with Crippen LogP contribution >= 0.6 is 15.9 Å². The van der Waals surface area contributed by atoms with E-state index in [0.29, 0.717) is 18.3 Å². The summed E-state index contributed by atoms with van der Waals surface area (Å²) in [5, 5.41) is 20.0. The van der Waals surface area contributed by atoms with Crippen molar-refractivity contribution in [2.24, 2.45) is 0 Å². The highest BCUT2D eigenvalue weighted by Gasteiger charge is 2.44. The van der Waals surface area contributed by atoms with Gasteiger partial charge in [-0.25, -0.2) is 4.79 Å². The number of likely N-dealkylation sites (tertiary alicyclic amines) is 1. The van der Waals surface area contributed by atoms with Crippen molar-refractivity contribution in [1.29, 1.82) is 0 Å². The maximum atomic E-state index is 11.5. The van der Waals surface area contributed by atoms with E-state index in [0.717, 1.165) is 12.8 Å². The molecule has 0 aromatic rings. The van der Waals surface area contributed by atoms with Gasteiger partial charge in [0, 0.05) is 11.9 Å². The Labute approximate surface area is 143 Å². The number of hydrogen-bond donors (Lipinski definition) is 2. The number of aliphatic hydroxyl groups is 1. The Balaban J connectivity index is 2.95. The Morgan fingerprint density at radius 2 is 2.05 bits per heavy atom. The molecule has 0 aliphatic carbocycles. The third-order valence-corrected chi connectivity index (χ3v) is 10.2. The molecule has 0 spiro atoms. The molecule has 1 amide bonds. The molecule has 1 heterocycles. The van der Waals surface area contributed by atoms with Crippen LogP contribution in [0, 0.1) is 0 Å². The number of rotatable bonds is 5. The first kappa shape index (κ1) is 19.9. The number of halogens is 1. The van der Waals surface area contributed by atoms with Gasteiger partial charge in [0.25, 0.3) is 0 Å². The van der Waals surface area contributed by atoms with Crippen LogP contribution in [0.1, 0.15) is 40.0 Å². The molecular weight excluding hydrogens is 366 g/mol. The molecule has 5 nitrogen and oxygen atoms in total. The molecule has 3 atom stereocenters. The molecule has 1 aliphatic heterocycles. The average molecular weight is 396 g/mol. The molecule has 3 unspecified atom stereocenters. The van der Waals surface area contributed by atoms with Crippen LogP contribution in [0.4, 0.5) is 4.79 Å². The predicted molar refractivity (Wildman–Crippen MR) is 94.2 cm³/mol. The molecule has 0 aromatic heterocycles. The summed E-state index contributed by atoms with van der Waals surface area (Å²) in [5.41, 5.74) is 0. The topological polar surface area (TPSA) is 70.0 Å². The van der Waals surface area contributed by atoms with E-state index in [1.165, 1.54) is 4.90 Å². The molecule has 2 N–H and O–H groups in total. The molecule has 22 heavy (non-hydrogen) atoms. The van der Waals surface area contributed by atoms with Crippen LogP contribution in [0.5, 0.6) is 0 Å². The van der Waals surface area contributed by atoms with Gasteiger partial charge in [0.15, 0.2) is 8.32 Å². The number of alkyl halides is 1. The fourth-order valence-electron chi connectivity index (χ4n) is 2.57. The summed E-state index contributed by atoms with van der Waals surface area (Å²) in [6.07, 6.45) is 0.476. The maximum absolute atomic E-state index is 11.5. The highest BCUT2D eigenvalue weighted by molar-refractivity contribution is 9.09. The minimum absolute atomic E-state index is 0.0804. The Hall–Kier alpha value is -0.113. The maximum Gasteiger partial charge on any atom is 0.407 e. The molecule has 0 saturated carbocycles. The van der Waals surface area contributed by atoms with Crippen LogP contribution in [0.2, 0.25) is 18.1 Å². The fraction of sp³-hybridized carbons (Fsp3) is 0.933. The van der Waals surface area contributed by atoms with E-state index in [2.05, 4.69) is 49.8 Å². The Morgan fingerprint density at radius 3 is 2.50 bits per heavy atom. The van der Waals surface area contributed by atoms with Crippen molar-refractivity contribution in [3.63, 3.8) is 0 Å². The van der Waals surface area contributed by atoms with Crippen LogP contribution in [0.15, 0.2) is 0 Å². The molecule has 1 fully saturated rings. The van der Waals surface area contributed by atoms with Crippen LogP contribution in [-0.2, 0) is 4.43 Å². The van der Waals surface area contributed by atoms with Gasteiger partial charge >= 0.3 is 6.09 Å². The lowest BCUT2D eigenvalue weighted by Crippen LogP contribution is -2.56. The standard InChI is InChI=1S/C15H30BrNO4Si/c1-15(2,3)22(4,5)21-13-7-6-8-17(14(19)20)12(13)9-11(18)10-16/h11-13,18H,6-10H2,1-5H3,(H,19,20). The minimum Gasteiger partial charge on any atom is -0.465 e. The Kier molecular flexibility index (Phi) is 6.92. The highest BCUT2D eigenvalue weighted by atomic mass is 79.9. The van der Waals surface area contributed by atoms with Gasteiger partial charge in [-0.1, -0.05) is 36.7 Å². The SMILES string of the molecule is CC(C)(C)[Si](C)(C)OC1CCCN(C(=O)O)C1CC(O)CBr. The van der Waals surface area contributed by atoms with Gasteiger partial charge in [-0.05, 0) is 37.4 Å². The lowest BCUT2D eigenvalue weighted by molar-refractivity contribution is 0.00276. The number of aliphatic hydroxyl groups excluding tert-OH is 1. The van der Waals surface area contributed by atoms with E-state index in [-0.39, 0.29) is 17.2 Å². The molecule has 7 heteroatoms. The zero-order valence-corrected chi connectivity index (χ0v) is 16.9. The predicted octanol–water partition coefficient (Wildman–Crippen LogP) is 3.67. The molecular formula is C15H30BrNO4Si. The Morgan fingerprint density at radius 1 is 1.45 bits per heavy atom. The monoisotopic (exact) mass is 395 g/mol. The van der Waals surface area contributed by atoms with E-state index in [1.54, 1.807) is 0 Å². The summed E-state index contributed by atoms with van der Waals surface area (Å²) in [6.45, 7) is 11.4. The average Bonchev–Trinajstić information content (AvgIpc) is 2.38. The third-order valence-electron chi connectivity index (χ3n) is 4.91. The summed E-state index contributed by atoms with van der Waals surface area (Å²) < 4.78 is 6.49. The van der Waals surface area contributed by atoms with E-state index in [1.807, 2.05) is 0 Å². The van der Waals surface area contributed by atoms with Crippen LogP contribution < -0.4 is 0 Å². The van der Waals surface area contributed by atoms with Crippen molar-refractivity contribution in [2.75, 3.05) is 11.9 Å². The minimum atomic E-state index is -1.97. The van der Waals surface area contributed by atoms with E-state index < -0.39 is 20.5 Å². The quantitative estimate of drug-likeness (QED) is 0.550. The van der Waals surface area contributed by atoms with Crippen molar-refractivity contribution in [3.8, 4) is 0 Å². The second-order valence-corrected chi connectivity index (χ2v) is 13.0. The second kappa shape index (κ2) is 7.64. The molecule has 0 aromatic carbocycles. The first-order valence-electron chi connectivity index (χ1n) is 7.91. The van der Waals surface area contributed by atoms with Crippen molar-refractivity contribution in [2.45, 2.75) is 76.4 Å². The zero-order chi connectivity index (χ0) is 17.1. The first-order chi connectivity index (χ1) is 9.99. The highest BCUT2D eigenvalue weighted by Crippen LogP contribution is 2.39. The van der Waals surface area contributed by atoms with Gasteiger partial charge in [0.2, 0.25) is 0 Å². The van der Waals surface area contributed by atoms with Crippen molar-refractivity contribution in [3.05, 3.63) is 0 Å². The molecule has 0 bridgehead atoms. The van der Waals surface area contributed by atoms with Crippen molar-refractivity contribution < 1.29 is 19.4 Å². The third kappa shape index (κ3) is 4.94. The molecule has 130 valence electrons. The lowest BCUT2D eigenvalue weighted by Gasteiger charge is -2.46.